The van der Waals surface area contributed by atoms with Crippen LogP contribution in [0.2, 0.25) is 0 Å². The van der Waals surface area contributed by atoms with E-state index >= 15 is 0 Å². The van der Waals surface area contributed by atoms with Crippen LogP contribution in [0.5, 0.6) is 17.2 Å². The molecule has 1 unspecified atom stereocenters. The fourth-order valence-corrected chi connectivity index (χ4v) is 2.70. The second-order valence-electron chi connectivity index (χ2n) is 6.20. The molecule has 0 spiro atoms. The summed E-state index contributed by atoms with van der Waals surface area (Å²) in [6.07, 6.45) is -0.533. The van der Waals surface area contributed by atoms with Gasteiger partial charge in [-0.25, -0.2) is 0 Å². The van der Waals surface area contributed by atoms with Crippen molar-refractivity contribution in [3.63, 3.8) is 0 Å². The van der Waals surface area contributed by atoms with Crippen molar-refractivity contribution < 1.29 is 28.9 Å². The lowest BCUT2D eigenvalue weighted by Crippen LogP contribution is -2.40. The van der Waals surface area contributed by atoms with Crippen molar-refractivity contribution in [1.82, 2.24) is 10.6 Å². The lowest BCUT2D eigenvalue weighted by atomic mass is 10.1. The standard InChI is InChI=1S/C20H22N2O6/c1-26-15-5-2-13(3-6-15)11-22-20(25)19(24)21-9-8-16(23)14-4-7-17-18(10-14)28-12-27-17/h2-7,10,16,23H,8-9,11-12H2,1H3,(H,21,24)(H,22,25). The van der Waals surface area contributed by atoms with E-state index < -0.39 is 17.9 Å². The number of amides is 2. The van der Waals surface area contributed by atoms with Gasteiger partial charge in [0.15, 0.2) is 11.5 Å². The third-order valence-electron chi connectivity index (χ3n) is 4.30. The molecule has 0 saturated carbocycles. The molecule has 2 aromatic rings. The Morgan fingerprint density at radius 2 is 1.79 bits per heavy atom. The molecule has 1 aliphatic rings. The Morgan fingerprint density at radius 3 is 2.54 bits per heavy atom. The van der Waals surface area contributed by atoms with Gasteiger partial charge < -0.3 is 30.0 Å². The van der Waals surface area contributed by atoms with E-state index in [1.165, 1.54) is 0 Å². The minimum atomic E-state index is -0.794. The zero-order valence-corrected chi connectivity index (χ0v) is 15.4. The van der Waals surface area contributed by atoms with Crippen LogP contribution in [0.15, 0.2) is 42.5 Å². The smallest absolute Gasteiger partial charge is 0.309 e. The van der Waals surface area contributed by atoms with Crippen molar-refractivity contribution in [1.29, 1.82) is 0 Å². The van der Waals surface area contributed by atoms with Crippen molar-refractivity contribution in [2.24, 2.45) is 0 Å². The summed E-state index contributed by atoms with van der Waals surface area (Å²) in [5.41, 5.74) is 1.50. The summed E-state index contributed by atoms with van der Waals surface area (Å²) in [5, 5.41) is 15.3. The van der Waals surface area contributed by atoms with E-state index in [-0.39, 0.29) is 26.3 Å². The van der Waals surface area contributed by atoms with Crippen LogP contribution >= 0.6 is 0 Å². The number of aliphatic hydroxyl groups excluding tert-OH is 1. The second kappa shape index (κ2) is 9.09. The van der Waals surface area contributed by atoms with Gasteiger partial charge in [0.1, 0.15) is 5.75 Å². The minimum absolute atomic E-state index is 0.157. The molecular formula is C20H22N2O6. The number of carbonyl (C=O) groups is 2. The maximum Gasteiger partial charge on any atom is 0.309 e. The zero-order valence-electron chi connectivity index (χ0n) is 15.4. The highest BCUT2D eigenvalue weighted by Gasteiger charge is 2.17. The van der Waals surface area contributed by atoms with Crippen LogP contribution in [0.25, 0.3) is 0 Å². The molecule has 3 rings (SSSR count). The summed E-state index contributed by atoms with van der Waals surface area (Å²) < 4.78 is 15.6. The molecule has 0 aromatic heterocycles. The first-order chi connectivity index (χ1) is 13.6. The number of nitrogens with one attached hydrogen (secondary N) is 2. The molecule has 8 heteroatoms. The normalized spacial score (nSPS) is 12.9. The van der Waals surface area contributed by atoms with Crippen LogP contribution in [0, 0.1) is 0 Å². The maximum absolute atomic E-state index is 11.9. The van der Waals surface area contributed by atoms with Gasteiger partial charge in [-0.3, -0.25) is 9.59 Å². The third-order valence-corrected chi connectivity index (χ3v) is 4.30. The largest absolute Gasteiger partial charge is 0.497 e. The second-order valence-corrected chi connectivity index (χ2v) is 6.20. The van der Waals surface area contributed by atoms with E-state index in [4.69, 9.17) is 14.2 Å². The number of benzene rings is 2. The van der Waals surface area contributed by atoms with E-state index in [1.54, 1.807) is 49.6 Å². The molecule has 1 atom stereocenters. The lowest BCUT2D eigenvalue weighted by Gasteiger charge is -2.12. The molecule has 0 saturated heterocycles. The predicted molar refractivity (Wildman–Crippen MR) is 100.0 cm³/mol. The van der Waals surface area contributed by atoms with Gasteiger partial charge in [0.2, 0.25) is 6.79 Å². The summed E-state index contributed by atoms with van der Waals surface area (Å²) in [6.45, 7) is 0.553. The van der Waals surface area contributed by atoms with E-state index in [1.807, 2.05) is 0 Å². The maximum atomic E-state index is 11.9. The summed E-state index contributed by atoms with van der Waals surface area (Å²) in [5.74, 6) is 0.463. The van der Waals surface area contributed by atoms with Gasteiger partial charge in [-0.1, -0.05) is 18.2 Å². The number of fused-ring (bicyclic) bond motifs is 1. The fraction of sp³-hybridized carbons (Fsp3) is 0.300. The van der Waals surface area contributed by atoms with Crippen LogP contribution in [-0.2, 0) is 16.1 Å². The van der Waals surface area contributed by atoms with Crippen molar-refractivity contribution in [3.05, 3.63) is 53.6 Å². The van der Waals surface area contributed by atoms with Crippen LogP contribution in [-0.4, -0.2) is 37.4 Å². The fourth-order valence-electron chi connectivity index (χ4n) is 2.70. The van der Waals surface area contributed by atoms with E-state index in [0.29, 0.717) is 22.8 Å². The van der Waals surface area contributed by atoms with Crippen molar-refractivity contribution in [3.8, 4) is 17.2 Å². The molecule has 8 nitrogen and oxygen atoms in total. The highest BCUT2D eigenvalue weighted by molar-refractivity contribution is 6.35. The molecule has 148 valence electrons. The first-order valence-electron chi connectivity index (χ1n) is 8.83. The van der Waals surface area contributed by atoms with Gasteiger partial charge in [-0.05, 0) is 41.8 Å². The number of methoxy groups -OCH3 is 1. The number of hydrogen-bond donors (Lipinski definition) is 3. The number of rotatable bonds is 7. The van der Waals surface area contributed by atoms with Crippen molar-refractivity contribution in [2.75, 3.05) is 20.4 Å². The van der Waals surface area contributed by atoms with Crippen LogP contribution in [0.3, 0.4) is 0 Å². The predicted octanol–water partition coefficient (Wildman–Crippen LogP) is 1.28. The molecule has 0 radical (unpaired) electrons. The summed E-state index contributed by atoms with van der Waals surface area (Å²) >= 11 is 0. The Labute approximate surface area is 162 Å². The Kier molecular flexibility index (Phi) is 6.33. The molecule has 0 bridgehead atoms. The van der Waals surface area contributed by atoms with Crippen LogP contribution < -0.4 is 24.8 Å². The van der Waals surface area contributed by atoms with Crippen molar-refractivity contribution in [2.45, 2.75) is 19.1 Å². The average molecular weight is 386 g/mol. The Morgan fingerprint density at radius 1 is 1.07 bits per heavy atom. The van der Waals surface area contributed by atoms with Gasteiger partial charge >= 0.3 is 11.8 Å². The average Bonchev–Trinajstić information content (AvgIpc) is 3.20. The Bertz CT molecular complexity index is 837. The minimum Gasteiger partial charge on any atom is -0.497 e. The number of carbonyl (C=O) groups excluding carboxylic acids is 2. The molecule has 0 aliphatic carbocycles. The number of hydrogen-bond acceptors (Lipinski definition) is 6. The zero-order chi connectivity index (χ0) is 19.9. The highest BCUT2D eigenvalue weighted by Crippen LogP contribution is 2.34. The molecule has 0 fully saturated rings. The molecule has 3 N–H and O–H groups in total. The van der Waals surface area contributed by atoms with E-state index in [9.17, 15) is 14.7 Å². The molecular weight excluding hydrogens is 364 g/mol. The summed E-state index contributed by atoms with van der Waals surface area (Å²) in [6, 6.07) is 12.3. The highest BCUT2D eigenvalue weighted by atomic mass is 16.7. The van der Waals surface area contributed by atoms with Crippen LogP contribution in [0.4, 0.5) is 0 Å². The molecule has 2 amide bonds. The Hall–Kier alpha value is -3.26. The van der Waals surface area contributed by atoms with Gasteiger partial charge in [-0.15, -0.1) is 0 Å². The summed E-state index contributed by atoms with van der Waals surface area (Å²) in [4.78, 5) is 23.7. The van der Waals surface area contributed by atoms with E-state index in [0.717, 1.165) is 5.56 Å². The monoisotopic (exact) mass is 386 g/mol. The molecule has 2 aromatic carbocycles. The van der Waals surface area contributed by atoms with Crippen molar-refractivity contribution >= 4 is 11.8 Å². The Balaban J connectivity index is 1.40. The van der Waals surface area contributed by atoms with Gasteiger partial charge in [0.25, 0.3) is 0 Å². The molecule has 1 heterocycles. The third kappa shape index (κ3) is 4.92. The topological polar surface area (TPSA) is 106 Å². The summed E-state index contributed by atoms with van der Waals surface area (Å²) in [7, 11) is 1.57. The molecule has 28 heavy (non-hydrogen) atoms. The van der Waals surface area contributed by atoms with Gasteiger partial charge in [-0.2, -0.15) is 0 Å². The number of ether oxygens (including phenoxy) is 3. The number of aliphatic hydroxyl groups is 1. The first-order valence-corrected chi connectivity index (χ1v) is 8.83. The molecule has 1 aliphatic heterocycles. The van der Waals surface area contributed by atoms with Crippen LogP contribution in [0.1, 0.15) is 23.7 Å². The van der Waals surface area contributed by atoms with Gasteiger partial charge in [0.05, 0.1) is 13.2 Å². The van der Waals surface area contributed by atoms with Gasteiger partial charge in [0, 0.05) is 13.1 Å². The first kappa shape index (κ1) is 19.5. The quantitative estimate of drug-likeness (QED) is 0.619. The SMILES string of the molecule is COc1ccc(CNC(=O)C(=O)NCCC(O)c2ccc3c(c2)OCO3)cc1. The lowest BCUT2D eigenvalue weighted by molar-refractivity contribution is -0.139. The van der Waals surface area contributed by atoms with E-state index in [2.05, 4.69) is 10.6 Å².